The highest BCUT2D eigenvalue weighted by Crippen LogP contribution is 2.35. The van der Waals surface area contributed by atoms with Gasteiger partial charge in [0.05, 0.1) is 5.56 Å². The Morgan fingerprint density at radius 1 is 1.33 bits per heavy atom. The first-order valence-corrected chi connectivity index (χ1v) is 7.44. The number of nitrogens with zero attached hydrogens (tertiary/aromatic N) is 1. The van der Waals surface area contributed by atoms with Gasteiger partial charge in [-0.15, -0.1) is 0 Å². The van der Waals surface area contributed by atoms with Gasteiger partial charge in [-0.2, -0.15) is 13.2 Å². The third kappa shape index (κ3) is 3.77. The smallest absolute Gasteiger partial charge is 0.339 e. The van der Waals surface area contributed by atoms with Crippen LogP contribution in [-0.4, -0.2) is 37.0 Å². The number of amides is 1. The van der Waals surface area contributed by atoms with E-state index >= 15 is 0 Å². The van der Waals surface area contributed by atoms with E-state index in [1.807, 2.05) is 0 Å². The standard InChI is InChI=1S/C14H16BrF3N2O/c1-20(10-4-6-19-7-5-10)13(21)9-2-3-11(12(15)8-9)14(16,17)18/h2-3,8,10,19H,4-7H2,1H3. The number of benzene rings is 1. The fourth-order valence-electron chi connectivity index (χ4n) is 2.44. The number of carbonyl (C=O) groups excluding carboxylic acids is 1. The van der Waals surface area contributed by atoms with Crippen molar-refractivity contribution in [3.63, 3.8) is 0 Å². The van der Waals surface area contributed by atoms with Crippen molar-refractivity contribution in [3.8, 4) is 0 Å². The summed E-state index contributed by atoms with van der Waals surface area (Å²) in [6.45, 7) is 1.69. The number of carbonyl (C=O) groups is 1. The predicted octanol–water partition coefficient (Wildman–Crippen LogP) is 3.29. The van der Waals surface area contributed by atoms with Gasteiger partial charge in [-0.1, -0.05) is 15.9 Å². The zero-order chi connectivity index (χ0) is 15.6. The summed E-state index contributed by atoms with van der Waals surface area (Å²) in [5.74, 6) is -0.253. The van der Waals surface area contributed by atoms with Crippen LogP contribution in [0.15, 0.2) is 22.7 Å². The molecule has 0 saturated carbocycles. The monoisotopic (exact) mass is 364 g/mol. The Labute approximate surface area is 129 Å². The zero-order valence-corrected chi connectivity index (χ0v) is 13.1. The Kier molecular flexibility index (Phi) is 4.93. The average Bonchev–Trinajstić information content (AvgIpc) is 2.45. The minimum Gasteiger partial charge on any atom is -0.339 e. The molecule has 0 bridgehead atoms. The second-order valence-corrected chi connectivity index (χ2v) is 5.94. The van der Waals surface area contributed by atoms with Gasteiger partial charge in [0.2, 0.25) is 0 Å². The van der Waals surface area contributed by atoms with E-state index in [0.29, 0.717) is 0 Å². The molecule has 0 unspecified atom stereocenters. The van der Waals surface area contributed by atoms with Crippen LogP contribution in [0.25, 0.3) is 0 Å². The lowest BCUT2D eigenvalue weighted by Gasteiger charge is -2.31. The van der Waals surface area contributed by atoms with Gasteiger partial charge in [-0.25, -0.2) is 0 Å². The van der Waals surface area contributed by atoms with Gasteiger partial charge in [-0.3, -0.25) is 4.79 Å². The summed E-state index contributed by atoms with van der Waals surface area (Å²) in [6.07, 6.45) is -2.73. The topological polar surface area (TPSA) is 32.3 Å². The summed E-state index contributed by atoms with van der Waals surface area (Å²) < 4.78 is 38.0. The molecular weight excluding hydrogens is 349 g/mol. The molecule has 0 atom stereocenters. The summed E-state index contributed by atoms with van der Waals surface area (Å²) in [5.41, 5.74) is -0.514. The summed E-state index contributed by atoms with van der Waals surface area (Å²) >= 11 is 2.90. The maximum Gasteiger partial charge on any atom is 0.417 e. The van der Waals surface area contributed by atoms with E-state index in [1.54, 1.807) is 11.9 Å². The van der Waals surface area contributed by atoms with E-state index < -0.39 is 11.7 Å². The Morgan fingerprint density at radius 3 is 2.48 bits per heavy atom. The van der Waals surface area contributed by atoms with Gasteiger partial charge in [0, 0.05) is 23.1 Å². The van der Waals surface area contributed by atoms with Crippen LogP contribution in [-0.2, 0) is 6.18 Å². The van der Waals surface area contributed by atoms with Crippen molar-refractivity contribution < 1.29 is 18.0 Å². The normalized spacial score (nSPS) is 16.8. The van der Waals surface area contributed by atoms with Crippen molar-refractivity contribution in [1.82, 2.24) is 10.2 Å². The van der Waals surface area contributed by atoms with Crippen LogP contribution >= 0.6 is 15.9 Å². The first-order chi connectivity index (χ1) is 9.80. The molecule has 21 heavy (non-hydrogen) atoms. The lowest BCUT2D eigenvalue weighted by molar-refractivity contribution is -0.138. The molecule has 116 valence electrons. The molecule has 1 aromatic carbocycles. The molecular formula is C14H16BrF3N2O. The van der Waals surface area contributed by atoms with Crippen molar-refractivity contribution in [1.29, 1.82) is 0 Å². The highest BCUT2D eigenvalue weighted by atomic mass is 79.9. The highest BCUT2D eigenvalue weighted by molar-refractivity contribution is 9.10. The summed E-state index contributed by atoms with van der Waals surface area (Å²) in [5, 5.41) is 3.21. The molecule has 3 nitrogen and oxygen atoms in total. The Morgan fingerprint density at radius 2 is 1.95 bits per heavy atom. The van der Waals surface area contributed by atoms with Crippen LogP contribution in [0.1, 0.15) is 28.8 Å². The lowest BCUT2D eigenvalue weighted by atomic mass is 10.0. The molecule has 1 amide bonds. The van der Waals surface area contributed by atoms with Crippen LogP contribution in [0, 0.1) is 0 Å². The van der Waals surface area contributed by atoms with Crippen LogP contribution in [0.3, 0.4) is 0 Å². The number of hydrogen-bond donors (Lipinski definition) is 1. The number of halogens is 4. The van der Waals surface area contributed by atoms with E-state index in [4.69, 9.17) is 0 Å². The Balaban J connectivity index is 2.17. The van der Waals surface area contributed by atoms with E-state index in [9.17, 15) is 18.0 Å². The molecule has 1 N–H and O–H groups in total. The molecule has 1 aliphatic heterocycles. The van der Waals surface area contributed by atoms with E-state index in [2.05, 4.69) is 21.2 Å². The van der Waals surface area contributed by atoms with Crippen molar-refractivity contribution in [2.75, 3.05) is 20.1 Å². The van der Waals surface area contributed by atoms with Crippen LogP contribution in [0.5, 0.6) is 0 Å². The third-order valence-corrected chi connectivity index (χ3v) is 4.35. The second-order valence-electron chi connectivity index (χ2n) is 5.09. The lowest BCUT2D eigenvalue weighted by Crippen LogP contribution is -2.43. The maximum absolute atomic E-state index is 12.7. The third-order valence-electron chi connectivity index (χ3n) is 3.70. The van der Waals surface area contributed by atoms with Gasteiger partial charge in [0.25, 0.3) is 5.91 Å². The van der Waals surface area contributed by atoms with Crippen LogP contribution in [0.2, 0.25) is 0 Å². The van der Waals surface area contributed by atoms with Crippen LogP contribution in [0.4, 0.5) is 13.2 Å². The van der Waals surface area contributed by atoms with Crippen molar-refractivity contribution >= 4 is 21.8 Å². The molecule has 0 radical (unpaired) electrons. The molecule has 1 fully saturated rings. The van der Waals surface area contributed by atoms with Gasteiger partial charge in [-0.05, 0) is 44.1 Å². The fraction of sp³-hybridized carbons (Fsp3) is 0.500. The SMILES string of the molecule is CN(C(=O)c1ccc(C(F)(F)F)c(Br)c1)C1CCNCC1. The fourth-order valence-corrected chi connectivity index (χ4v) is 3.05. The molecule has 1 aliphatic rings. The molecule has 1 saturated heterocycles. The predicted molar refractivity (Wildman–Crippen MR) is 77.1 cm³/mol. The quantitative estimate of drug-likeness (QED) is 0.873. The van der Waals surface area contributed by atoms with Gasteiger partial charge in [0.1, 0.15) is 0 Å². The van der Waals surface area contributed by atoms with E-state index in [0.717, 1.165) is 32.0 Å². The molecule has 0 spiro atoms. The highest BCUT2D eigenvalue weighted by Gasteiger charge is 2.33. The largest absolute Gasteiger partial charge is 0.417 e. The Bertz CT molecular complexity index is 527. The minimum atomic E-state index is -4.43. The molecule has 0 aromatic heterocycles. The summed E-state index contributed by atoms with van der Waals surface area (Å²) in [4.78, 5) is 14.0. The molecule has 1 aromatic rings. The van der Waals surface area contributed by atoms with Crippen molar-refractivity contribution in [2.45, 2.75) is 25.1 Å². The zero-order valence-electron chi connectivity index (χ0n) is 11.5. The van der Waals surface area contributed by atoms with E-state index in [-0.39, 0.29) is 22.0 Å². The molecule has 1 heterocycles. The number of nitrogens with one attached hydrogen (secondary N) is 1. The number of piperidine rings is 1. The van der Waals surface area contributed by atoms with Crippen LogP contribution < -0.4 is 5.32 Å². The minimum absolute atomic E-state index is 0.112. The van der Waals surface area contributed by atoms with E-state index in [1.165, 1.54) is 12.1 Å². The van der Waals surface area contributed by atoms with Crippen molar-refractivity contribution in [2.24, 2.45) is 0 Å². The van der Waals surface area contributed by atoms with Gasteiger partial charge >= 0.3 is 6.18 Å². The molecule has 0 aliphatic carbocycles. The number of rotatable bonds is 2. The molecule has 7 heteroatoms. The maximum atomic E-state index is 12.7. The average molecular weight is 365 g/mol. The van der Waals surface area contributed by atoms with Gasteiger partial charge in [0.15, 0.2) is 0 Å². The number of alkyl halides is 3. The molecule has 2 rings (SSSR count). The van der Waals surface area contributed by atoms with Gasteiger partial charge < -0.3 is 10.2 Å². The summed E-state index contributed by atoms with van der Waals surface area (Å²) in [6, 6.07) is 3.53. The first-order valence-electron chi connectivity index (χ1n) is 6.65. The second kappa shape index (κ2) is 6.36. The van der Waals surface area contributed by atoms with Crippen molar-refractivity contribution in [3.05, 3.63) is 33.8 Å². The summed E-state index contributed by atoms with van der Waals surface area (Å²) in [7, 11) is 1.70. The first kappa shape index (κ1) is 16.3. The number of hydrogen-bond acceptors (Lipinski definition) is 2. The Hall–Kier alpha value is -1.08.